The zero-order chi connectivity index (χ0) is 46.2. The van der Waals surface area contributed by atoms with Crippen LogP contribution in [-0.2, 0) is 31.9 Å². The number of allylic oxidation sites excluding steroid dienone is 3. The van der Waals surface area contributed by atoms with Gasteiger partial charge in [-0.05, 0) is 94.1 Å². The first-order valence-corrected chi connectivity index (χ1v) is 24.1. The summed E-state index contributed by atoms with van der Waals surface area (Å²) in [5, 5.41) is 6.55. The average Bonchev–Trinajstić information content (AvgIpc) is 4.03. The molecule has 9 nitrogen and oxygen atoms in total. The number of aromatic nitrogens is 3. The molecule has 1 fully saturated rings. The second-order valence-electron chi connectivity index (χ2n) is 19.4. The van der Waals surface area contributed by atoms with Gasteiger partial charge in [-0.15, -0.1) is 33.5 Å². The maximum atomic E-state index is 13.6. The van der Waals surface area contributed by atoms with Crippen LogP contribution in [0, 0.1) is 49.4 Å². The minimum absolute atomic E-state index is 0. The third kappa shape index (κ3) is 12.0. The molecule has 1 saturated heterocycles. The number of carbonyl (C=O) groups is 3. The van der Waals surface area contributed by atoms with Crippen LogP contribution in [0.1, 0.15) is 180 Å². The third-order valence-corrected chi connectivity index (χ3v) is 14.2. The zero-order valence-electron chi connectivity index (χ0n) is 41.1. The molecule has 0 unspecified atom stereocenters. The summed E-state index contributed by atoms with van der Waals surface area (Å²) in [7, 11) is 1.42. The molecule has 6 rings (SSSR count). The van der Waals surface area contributed by atoms with Gasteiger partial charge in [0, 0.05) is 12.0 Å². The van der Waals surface area contributed by atoms with Crippen molar-refractivity contribution in [2.24, 2.45) is 35.5 Å². The fraction of sp³-hybridized carbons (Fsp3) is 0.545. The Hall–Kier alpha value is -4.28. The summed E-state index contributed by atoms with van der Waals surface area (Å²) >= 11 is 0. The monoisotopic (exact) mass is 893 g/mol. The van der Waals surface area contributed by atoms with Crippen molar-refractivity contribution in [3.63, 3.8) is 0 Å². The third-order valence-electron chi connectivity index (χ3n) is 14.2. The molecule has 1 aliphatic carbocycles. The second-order valence-corrected chi connectivity index (χ2v) is 19.4. The van der Waals surface area contributed by atoms with Crippen molar-refractivity contribution in [3.05, 3.63) is 102 Å². The summed E-state index contributed by atoms with van der Waals surface area (Å²) in [6.07, 6.45) is 23.6. The molecule has 3 aromatic rings. The molecule has 0 spiro atoms. The fourth-order valence-corrected chi connectivity index (χ4v) is 10.1. The zero-order valence-corrected chi connectivity index (χ0v) is 42.5. The molecule has 0 radical (unpaired) electrons. The van der Waals surface area contributed by atoms with Gasteiger partial charge in [0.15, 0.2) is 0 Å². The molecule has 10 heteroatoms. The first-order valence-electron chi connectivity index (χ1n) is 24.1. The molecular weight excluding hydrogens is 821 g/mol. The molecule has 8 bridgehead atoms. The molecule has 2 aliphatic heterocycles. The van der Waals surface area contributed by atoms with Crippen molar-refractivity contribution in [2.75, 3.05) is 13.7 Å². The molecular formula is C55H72MgN4O5-2. The summed E-state index contributed by atoms with van der Waals surface area (Å²) in [5.74, 6) is 0.843. The molecule has 0 saturated carbocycles. The van der Waals surface area contributed by atoms with Crippen molar-refractivity contribution >= 4 is 71.2 Å². The van der Waals surface area contributed by atoms with Crippen LogP contribution in [0.5, 0.6) is 0 Å². The number of hydrogen-bond donors (Lipinski definition) is 0. The maximum Gasteiger partial charge on any atom is 2.00 e. The molecule has 3 aliphatic rings. The molecule has 5 atom stereocenters. The van der Waals surface area contributed by atoms with Crippen LogP contribution < -0.4 is 25.7 Å². The van der Waals surface area contributed by atoms with E-state index < -0.39 is 5.92 Å². The van der Waals surface area contributed by atoms with E-state index in [2.05, 4.69) is 48.1 Å². The van der Waals surface area contributed by atoms with Crippen LogP contribution in [-0.4, -0.2) is 55.0 Å². The Morgan fingerprint density at radius 1 is 0.862 bits per heavy atom. The minimum Gasteiger partial charge on any atom is -0.664 e. The molecule has 3 aromatic heterocycles. The summed E-state index contributed by atoms with van der Waals surface area (Å²) in [6, 6.07) is 0. The van der Waals surface area contributed by atoms with E-state index >= 15 is 0 Å². The van der Waals surface area contributed by atoms with Gasteiger partial charge >= 0.3 is 35.0 Å². The predicted molar refractivity (Wildman–Crippen MR) is 265 cm³/mol. The van der Waals surface area contributed by atoms with Crippen LogP contribution in [0.4, 0.5) is 0 Å². The fourth-order valence-electron chi connectivity index (χ4n) is 10.1. The van der Waals surface area contributed by atoms with Crippen LogP contribution in [0.25, 0.3) is 35.2 Å². The van der Waals surface area contributed by atoms with Gasteiger partial charge in [0.25, 0.3) is 0 Å². The number of rotatable bonds is 21. The molecule has 0 amide bonds. The SMILES string of the molecule is C=Cc1c2[n-]c(c1C)/C=C1\[N-]/C(=C3\c4[n-]c(c(C)c4C[C@@H]3C(=O)OC)/C=c3\[n-]/c(c(C=O)c3CC)=C\2)[C@@H](CCC(=O)OC/C=C(/C)CCC[C@H](C)CCC[C@H](C)CCCC(C)C)[C@@H]1C.[Mg+2]. The van der Waals surface area contributed by atoms with Crippen molar-refractivity contribution in [1.29, 1.82) is 0 Å². The minimum atomic E-state index is -0.595. The van der Waals surface area contributed by atoms with Gasteiger partial charge in [-0.1, -0.05) is 151 Å². The van der Waals surface area contributed by atoms with Gasteiger partial charge in [0.05, 0.1) is 13.0 Å². The van der Waals surface area contributed by atoms with E-state index in [0.29, 0.717) is 41.2 Å². The average molecular weight is 894 g/mol. The number of aldehydes is 1. The number of ether oxygens (including phenoxy) is 2. The van der Waals surface area contributed by atoms with Gasteiger partial charge in [-0.25, -0.2) is 0 Å². The number of fused-ring (bicyclic) bond motifs is 7. The van der Waals surface area contributed by atoms with Crippen LogP contribution in [0.2, 0.25) is 0 Å². The maximum absolute atomic E-state index is 13.6. The number of esters is 2. The van der Waals surface area contributed by atoms with Gasteiger partial charge < -0.3 is 29.7 Å². The van der Waals surface area contributed by atoms with Gasteiger partial charge in [-0.2, -0.15) is 11.4 Å². The summed E-state index contributed by atoms with van der Waals surface area (Å²) in [5.41, 5.74) is 11.5. The second kappa shape index (κ2) is 23.4. The Balaban J connectivity index is 0.00000793. The van der Waals surface area contributed by atoms with E-state index in [4.69, 9.17) is 29.7 Å². The van der Waals surface area contributed by atoms with Crippen molar-refractivity contribution < 1.29 is 23.9 Å². The van der Waals surface area contributed by atoms with Gasteiger partial charge in [0.2, 0.25) is 0 Å². The normalized spacial score (nSPS) is 21.6. The Bertz CT molecular complexity index is 2420. The number of methoxy groups -OCH3 is 1. The number of carbonyl (C=O) groups excluding carboxylic acids is 3. The number of nitrogens with zero attached hydrogens (tertiary/aromatic N) is 4. The van der Waals surface area contributed by atoms with Gasteiger partial charge in [0.1, 0.15) is 12.9 Å². The topological polar surface area (TPSA) is 126 Å². The van der Waals surface area contributed by atoms with E-state index in [-0.39, 0.29) is 59.9 Å². The molecule has 0 aromatic carbocycles. The molecule has 346 valence electrons. The van der Waals surface area contributed by atoms with Crippen molar-refractivity contribution in [3.8, 4) is 0 Å². The number of hydrogen-bond acceptors (Lipinski definition) is 5. The Kier molecular flexibility index (Phi) is 18.6. The first kappa shape index (κ1) is 51.7. The molecule has 5 heterocycles. The molecule has 0 N–H and O–H groups in total. The van der Waals surface area contributed by atoms with E-state index in [0.717, 1.165) is 98.7 Å². The van der Waals surface area contributed by atoms with Crippen molar-refractivity contribution in [1.82, 2.24) is 15.0 Å². The van der Waals surface area contributed by atoms with Gasteiger partial charge in [-0.3, -0.25) is 14.4 Å². The van der Waals surface area contributed by atoms with E-state index in [1.807, 2.05) is 45.1 Å². The quantitative estimate of drug-likeness (QED) is 0.0448. The standard InChI is InChI=1S/C55H73N4O5.Mg/c1-12-39-36(8)45-28-46-37(9)41(23-24-51(61)64-26-25-35(7)22-16-21-34(6)20-15-19-33(5)18-14-17-32(3)4)53(58-46)52-43(55(62)63-11)27-42-38(10)47(59-54(42)52)29-49-40(13-2)44(31-60)50(57-49)30-48(39)56-45;/h12,25,28-34,37,41,43H,1,13-24,26-27H2,2-11H3,(H-,58,59,60);/q-3;+2/p-1/b35-25-,46-28-,50-30-;/t33-,34-,37+,41+,43+;/m1./s1. The molecule has 65 heavy (non-hydrogen) atoms. The Labute approximate surface area is 404 Å². The predicted octanol–water partition coefficient (Wildman–Crippen LogP) is 10.2. The summed E-state index contributed by atoms with van der Waals surface area (Å²) in [6.45, 7) is 24.1. The van der Waals surface area contributed by atoms with E-state index in [9.17, 15) is 14.4 Å². The Morgan fingerprint density at radius 2 is 1.52 bits per heavy atom. The smallest absolute Gasteiger partial charge is 0.664 e. The first-order chi connectivity index (χ1) is 30.7. The van der Waals surface area contributed by atoms with Crippen LogP contribution >= 0.6 is 0 Å². The van der Waals surface area contributed by atoms with Crippen molar-refractivity contribution in [2.45, 2.75) is 146 Å². The van der Waals surface area contributed by atoms with Crippen LogP contribution in [0.15, 0.2) is 29.6 Å². The summed E-state index contributed by atoms with van der Waals surface area (Å²) in [4.78, 5) is 54.8. The Morgan fingerprint density at radius 3 is 2.17 bits per heavy atom. The van der Waals surface area contributed by atoms with E-state index in [1.54, 1.807) is 6.08 Å². The van der Waals surface area contributed by atoms with Crippen LogP contribution in [0.3, 0.4) is 0 Å². The largest absolute Gasteiger partial charge is 2.00 e. The summed E-state index contributed by atoms with van der Waals surface area (Å²) < 4.78 is 11.2. The van der Waals surface area contributed by atoms with E-state index in [1.165, 1.54) is 57.6 Å².